The van der Waals surface area contributed by atoms with Crippen molar-refractivity contribution in [3.8, 4) is 6.01 Å². The van der Waals surface area contributed by atoms with Gasteiger partial charge in [0, 0.05) is 26.2 Å². The molecule has 0 aliphatic rings. The molecule has 0 amide bonds. The third kappa shape index (κ3) is 9.86. The molecule has 1 heterocycles. The Morgan fingerprint density at radius 3 is 1.97 bits per heavy atom. The second-order valence-electron chi connectivity index (χ2n) is 8.18. The molecule has 0 atom stereocenters. The zero-order valence-corrected chi connectivity index (χ0v) is 20.6. The molecule has 0 bridgehead atoms. The molecule has 3 aromatic rings. The van der Waals surface area contributed by atoms with Gasteiger partial charge in [-0.25, -0.2) is 0 Å². The average molecular weight is 481 g/mol. The number of hydrogen-bond donors (Lipinski definition) is 2. The summed E-state index contributed by atoms with van der Waals surface area (Å²) >= 11 is 0. The molecule has 3 rings (SSSR count). The Morgan fingerprint density at radius 1 is 0.800 bits per heavy atom. The van der Waals surface area contributed by atoms with Crippen molar-refractivity contribution in [2.75, 3.05) is 49.7 Å². The molecule has 35 heavy (non-hydrogen) atoms. The lowest BCUT2D eigenvalue weighted by Gasteiger charge is -2.24. The number of nitrogens with two attached hydrogens (primary N) is 1. The van der Waals surface area contributed by atoms with Gasteiger partial charge in [-0.05, 0) is 25.0 Å². The van der Waals surface area contributed by atoms with E-state index in [0.717, 1.165) is 11.1 Å². The maximum Gasteiger partial charge on any atom is 0.323 e. The van der Waals surface area contributed by atoms with Crippen LogP contribution in [0, 0.1) is 0 Å². The predicted octanol–water partition coefficient (Wildman–Crippen LogP) is 3.27. The van der Waals surface area contributed by atoms with Gasteiger partial charge in [0.15, 0.2) is 0 Å². The third-order valence-electron chi connectivity index (χ3n) is 4.82. The quantitative estimate of drug-likeness (QED) is 0.299. The number of ether oxygens (including phenoxy) is 3. The molecule has 0 saturated heterocycles. The average Bonchev–Trinajstić information content (AvgIpc) is 2.86. The molecule has 0 fully saturated rings. The first-order valence-electron chi connectivity index (χ1n) is 12.0. The predicted molar refractivity (Wildman–Crippen MR) is 138 cm³/mol. The van der Waals surface area contributed by atoms with Crippen LogP contribution in [0.3, 0.4) is 0 Å². The summed E-state index contributed by atoms with van der Waals surface area (Å²) in [7, 11) is 0. The van der Waals surface area contributed by atoms with E-state index in [4.69, 9.17) is 24.9 Å². The Hall–Kier alpha value is -3.27. The van der Waals surface area contributed by atoms with Crippen molar-refractivity contribution in [1.29, 1.82) is 0 Å². The minimum atomic E-state index is -0.0633. The molecule has 2 aromatic carbocycles. The van der Waals surface area contributed by atoms with Crippen LogP contribution in [0.4, 0.5) is 11.9 Å². The summed E-state index contributed by atoms with van der Waals surface area (Å²) in [6.45, 7) is 8.29. The van der Waals surface area contributed by atoms with Crippen LogP contribution in [0.2, 0.25) is 0 Å². The SMILES string of the molecule is CC(C)Oc1nc(NCCOCCOCCN)nc(N(Cc2ccccc2)Cc2ccccc2)n1. The Kier molecular flexibility index (Phi) is 11.2. The van der Waals surface area contributed by atoms with Gasteiger partial charge in [0.25, 0.3) is 0 Å². The second kappa shape index (κ2) is 14.9. The van der Waals surface area contributed by atoms with Crippen molar-refractivity contribution in [1.82, 2.24) is 15.0 Å². The van der Waals surface area contributed by atoms with Crippen molar-refractivity contribution in [3.63, 3.8) is 0 Å². The fourth-order valence-corrected chi connectivity index (χ4v) is 3.28. The van der Waals surface area contributed by atoms with E-state index in [1.54, 1.807) is 0 Å². The highest BCUT2D eigenvalue weighted by Crippen LogP contribution is 2.20. The van der Waals surface area contributed by atoms with Crippen molar-refractivity contribution in [3.05, 3.63) is 71.8 Å². The molecule has 1 aromatic heterocycles. The second-order valence-corrected chi connectivity index (χ2v) is 8.18. The Balaban J connectivity index is 1.74. The Labute approximate surface area is 207 Å². The van der Waals surface area contributed by atoms with Crippen molar-refractivity contribution >= 4 is 11.9 Å². The summed E-state index contributed by atoms with van der Waals surface area (Å²) in [6, 6.07) is 20.8. The first-order chi connectivity index (χ1) is 17.1. The summed E-state index contributed by atoms with van der Waals surface area (Å²) in [5, 5.41) is 3.23. The van der Waals surface area contributed by atoms with Gasteiger partial charge in [-0.3, -0.25) is 0 Å². The van der Waals surface area contributed by atoms with E-state index in [-0.39, 0.29) is 12.1 Å². The summed E-state index contributed by atoms with van der Waals surface area (Å²) in [6.07, 6.45) is -0.0633. The van der Waals surface area contributed by atoms with Crippen LogP contribution in [0.15, 0.2) is 60.7 Å². The van der Waals surface area contributed by atoms with Crippen LogP contribution in [0.1, 0.15) is 25.0 Å². The molecule has 9 nitrogen and oxygen atoms in total. The number of anilines is 2. The lowest BCUT2D eigenvalue weighted by Crippen LogP contribution is -2.26. The summed E-state index contributed by atoms with van der Waals surface area (Å²) in [4.78, 5) is 15.9. The van der Waals surface area contributed by atoms with E-state index in [1.165, 1.54) is 0 Å². The minimum Gasteiger partial charge on any atom is -0.461 e. The first-order valence-corrected chi connectivity index (χ1v) is 12.0. The maximum absolute atomic E-state index is 5.84. The van der Waals surface area contributed by atoms with Crippen LogP contribution >= 0.6 is 0 Å². The Morgan fingerprint density at radius 2 is 1.40 bits per heavy atom. The highest BCUT2D eigenvalue weighted by atomic mass is 16.5. The molecule has 0 aliphatic carbocycles. The highest BCUT2D eigenvalue weighted by Gasteiger charge is 2.16. The molecule has 9 heteroatoms. The van der Waals surface area contributed by atoms with E-state index in [0.29, 0.717) is 64.5 Å². The van der Waals surface area contributed by atoms with Gasteiger partial charge in [-0.1, -0.05) is 60.7 Å². The van der Waals surface area contributed by atoms with E-state index < -0.39 is 0 Å². The topological polar surface area (TPSA) is 108 Å². The molecule has 0 saturated carbocycles. The largest absolute Gasteiger partial charge is 0.461 e. The smallest absolute Gasteiger partial charge is 0.323 e. The number of nitrogens with zero attached hydrogens (tertiary/aromatic N) is 4. The van der Waals surface area contributed by atoms with Crippen LogP contribution in [-0.4, -0.2) is 60.6 Å². The Bertz CT molecular complexity index is 934. The summed E-state index contributed by atoms with van der Waals surface area (Å²) < 4.78 is 16.7. The zero-order valence-electron chi connectivity index (χ0n) is 20.6. The van der Waals surface area contributed by atoms with Gasteiger partial charge in [0.1, 0.15) is 0 Å². The van der Waals surface area contributed by atoms with Crippen molar-refractivity contribution in [2.24, 2.45) is 5.73 Å². The highest BCUT2D eigenvalue weighted by molar-refractivity contribution is 5.40. The summed E-state index contributed by atoms with van der Waals surface area (Å²) in [5.74, 6) is 0.988. The van der Waals surface area contributed by atoms with Gasteiger partial charge >= 0.3 is 6.01 Å². The van der Waals surface area contributed by atoms with Gasteiger partial charge in [0.05, 0.1) is 32.5 Å². The van der Waals surface area contributed by atoms with E-state index in [2.05, 4.69) is 44.5 Å². The number of benzene rings is 2. The number of nitrogens with one attached hydrogen (secondary N) is 1. The fourth-order valence-electron chi connectivity index (χ4n) is 3.28. The van der Waals surface area contributed by atoms with Gasteiger partial charge in [-0.2, -0.15) is 15.0 Å². The molecule has 0 spiro atoms. The maximum atomic E-state index is 5.84. The lowest BCUT2D eigenvalue weighted by molar-refractivity contribution is 0.0547. The van der Waals surface area contributed by atoms with Crippen LogP contribution in [0.25, 0.3) is 0 Å². The minimum absolute atomic E-state index is 0.0633. The van der Waals surface area contributed by atoms with E-state index in [9.17, 15) is 0 Å². The van der Waals surface area contributed by atoms with Gasteiger partial charge in [0.2, 0.25) is 11.9 Å². The number of hydrogen-bond acceptors (Lipinski definition) is 9. The first kappa shape index (κ1) is 26.3. The standard InChI is InChI=1S/C26H36N6O3/c1-21(2)35-26-30-24(28-14-16-34-18-17-33-15-13-27)29-25(31-26)32(19-22-9-5-3-6-10-22)20-23-11-7-4-8-12-23/h3-12,21H,13-20,27H2,1-2H3,(H,28,29,30,31). The van der Waals surface area contributed by atoms with Gasteiger partial charge in [-0.15, -0.1) is 0 Å². The molecular weight excluding hydrogens is 444 g/mol. The summed E-state index contributed by atoms with van der Waals surface area (Å²) in [5.41, 5.74) is 7.73. The molecule has 3 N–H and O–H groups in total. The number of aromatic nitrogens is 3. The third-order valence-corrected chi connectivity index (χ3v) is 4.82. The lowest BCUT2D eigenvalue weighted by atomic mass is 10.2. The van der Waals surface area contributed by atoms with Gasteiger partial charge < -0.3 is 30.2 Å². The van der Waals surface area contributed by atoms with E-state index in [1.807, 2.05) is 50.2 Å². The monoisotopic (exact) mass is 480 g/mol. The van der Waals surface area contributed by atoms with E-state index >= 15 is 0 Å². The van der Waals surface area contributed by atoms with Crippen LogP contribution in [0.5, 0.6) is 6.01 Å². The molecular formula is C26H36N6O3. The van der Waals surface area contributed by atoms with Crippen LogP contribution < -0.4 is 20.7 Å². The molecule has 0 unspecified atom stereocenters. The molecule has 0 radical (unpaired) electrons. The normalized spacial score (nSPS) is 11.0. The van der Waals surface area contributed by atoms with Crippen molar-refractivity contribution in [2.45, 2.75) is 33.0 Å². The number of rotatable bonds is 16. The fraction of sp³-hybridized carbons (Fsp3) is 0.423. The zero-order chi connectivity index (χ0) is 24.7. The van der Waals surface area contributed by atoms with Crippen LogP contribution in [-0.2, 0) is 22.6 Å². The van der Waals surface area contributed by atoms with Crippen molar-refractivity contribution < 1.29 is 14.2 Å². The molecule has 188 valence electrons. The molecule has 0 aliphatic heterocycles.